The van der Waals surface area contributed by atoms with Crippen LogP contribution in [0.25, 0.3) is 11.8 Å². The number of rotatable bonds is 7. The highest BCUT2D eigenvalue weighted by Gasteiger charge is 2.36. The molecule has 2 heterocycles. The van der Waals surface area contributed by atoms with Crippen molar-refractivity contribution >= 4 is 23.5 Å². The number of anilines is 1. The Kier molecular flexibility index (Phi) is 6.32. The first-order valence-corrected chi connectivity index (χ1v) is 10.1. The number of nitrogens with one attached hydrogen (secondary N) is 1. The van der Waals surface area contributed by atoms with E-state index in [-0.39, 0.29) is 17.6 Å². The van der Waals surface area contributed by atoms with Crippen LogP contribution in [0.4, 0.5) is 5.82 Å². The zero-order valence-corrected chi connectivity index (χ0v) is 16.9. The number of nitrogen functional groups attached to an aromatic ring is 1. The van der Waals surface area contributed by atoms with Gasteiger partial charge < -0.3 is 26.5 Å². The number of phenols is 1. The summed E-state index contributed by atoms with van der Waals surface area (Å²) < 4.78 is 0. The summed E-state index contributed by atoms with van der Waals surface area (Å²) in [4.78, 5) is 17.3. The standard InChI is InChI=1S/C23H30N4O2/c1-3-5-8-15-13-27(22(29)4-2)14-18(15)20-12-16(23(25)26-20)11-19(24)17-9-6-7-10-21(17)28/h4,6-7,9-12,15,18,26,28H,2-3,5,8,13-14,24-25H2,1H3/b19-11-. The molecule has 154 valence electrons. The number of phenolic OH excluding ortho intramolecular Hbond substituents is 1. The summed E-state index contributed by atoms with van der Waals surface area (Å²) in [6.45, 7) is 7.18. The lowest BCUT2D eigenvalue weighted by molar-refractivity contribution is -0.125. The quantitative estimate of drug-likeness (QED) is 0.537. The van der Waals surface area contributed by atoms with E-state index in [0.29, 0.717) is 29.5 Å². The van der Waals surface area contributed by atoms with Crippen LogP contribution in [0.1, 0.15) is 48.9 Å². The molecular weight excluding hydrogens is 364 g/mol. The molecule has 0 aliphatic carbocycles. The van der Waals surface area contributed by atoms with Crippen molar-refractivity contribution in [3.05, 3.63) is 59.8 Å². The van der Waals surface area contributed by atoms with Crippen LogP contribution in [-0.4, -0.2) is 34.0 Å². The molecule has 2 unspecified atom stereocenters. The summed E-state index contributed by atoms with van der Waals surface area (Å²) in [6, 6.07) is 8.95. The second kappa shape index (κ2) is 8.90. The number of amides is 1. The molecule has 1 aliphatic heterocycles. The molecule has 1 saturated heterocycles. The first-order valence-electron chi connectivity index (χ1n) is 10.1. The number of hydrogen-bond donors (Lipinski definition) is 4. The normalized spacial score (nSPS) is 19.5. The summed E-state index contributed by atoms with van der Waals surface area (Å²) in [5, 5.41) is 10.0. The van der Waals surface area contributed by atoms with Crippen molar-refractivity contribution in [2.24, 2.45) is 11.7 Å². The Labute approximate surface area is 171 Å². The van der Waals surface area contributed by atoms with Gasteiger partial charge in [-0.1, -0.05) is 38.5 Å². The lowest BCUT2D eigenvalue weighted by Crippen LogP contribution is -2.26. The minimum atomic E-state index is -0.0301. The molecule has 1 fully saturated rings. The summed E-state index contributed by atoms with van der Waals surface area (Å²) in [5.41, 5.74) is 15.2. The number of nitrogens with two attached hydrogens (primary N) is 2. The molecule has 1 aromatic heterocycles. The average Bonchev–Trinajstić information content (AvgIpc) is 3.29. The molecule has 1 aliphatic rings. The van der Waals surface area contributed by atoms with Crippen molar-refractivity contribution < 1.29 is 9.90 Å². The molecule has 6 N–H and O–H groups in total. The number of para-hydroxylation sites is 1. The number of aromatic nitrogens is 1. The van der Waals surface area contributed by atoms with E-state index in [1.54, 1.807) is 24.3 Å². The monoisotopic (exact) mass is 394 g/mol. The Bertz CT molecular complexity index is 915. The van der Waals surface area contributed by atoms with Gasteiger partial charge in [0.1, 0.15) is 11.6 Å². The molecule has 0 saturated carbocycles. The van der Waals surface area contributed by atoms with Crippen LogP contribution in [-0.2, 0) is 4.79 Å². The third-order valence-electron chi connectivity index (χ3n) is 5.68. The van der Waals surface area contributed by atoms with E-state index in [4.69, 9.17) is 11.5 Å². The summed E-state index contributed by atoms with van der Waals surface area (Å²) in [6.07, 6.45) is 6.46. The number of benzene rings is 1. The topological polar surface area (TPSA) is 108 Å². The average molecular weight is 395 g/mol. The van der Waals surface area contributed by atoms with Crippen molar-refractivity contribution in [1.82, 2.24) is 9.88 Å². The SMILES string of the molecule is C=CC(=O)N1CC(CCCC)C(c2cc(/C=C(\N)c3ccccc3O)c(N)[nH]2)C1. The molecule has 1 amide bonds. The van der Waals surface area contributed by atoms with E-state index in [1.807, 2.05) is 17.0 Å². The van der Waals surface area contributed by atoms with E-state index in [9.17, 15) is 9.90 Å². The predicted octanol–water partition coefficient (Wildman–Crippen LogP) is 3.68. The first-order chi connectivity index (χ1) is 13.9. The van der Waals surface area contributed by atoms with Crippen LogP contribution < -0.4 is 11.5 Å². The van der Waals surface area contributed by atoms with Crippen molar-refractivity contribution in [2.45, 2.75) is 32.1 Å². The van der Waals surface area contributed by atoms with Crippen LogP contribution in [0.5, 0.6) is 5.75 Å². The van der Waals surface area contributed by atoms with Crippen molar-refractivity contribution in [3.63, 3.8) is 0 Å². The molecule has 3 rings (SSSR count). The molecular formula is C23H30N4O2. The van der Waals surface area contributed by atoms with Crippen molar-refractivity contribution in [2.75, 3.05) is 18.8 Å². The number of unbranched alkanes of at least 4 members (excludes halogenated alkanes) is 1. The van der Waals surface area contributed by atoms with Crippen LogP contribution in [0, 0.1) is 5.92 Å². The van der Waals surface area contributed by atoms with Crippen molar-refractivity contribution in [1.29, 1.82) is 0 Å². The highest BCUT2D eigenvalue weighted by Crippen LogP contribution is 2.37. The summed E-state index contributed by atoms with van der Waals surface area (Å²) in [5.74, 6) is 1.20. The molecule has 0 spiro atoms. The van der Waals surface area contributed by atoms with E-state index < -0.39 is 0 Å². The second-order valence-electron chi connectivity index (χ2n) is 7.67. The molecule has 2 atom stereocenters. The Morgan fingerprint density at radius 1 is 1.38 bits per heavy atom. The zero-order chi connectivity index (χ0) is 21.0. The minimum Gasteiger partial charge on any atom is -0.507 e. The number of nitrogens with zero attached hydrogens (tertiary/aromatic N) is 1. The molecule has 0 bridgehead atoms. The van der Waals surface area contributed by atoms with Crippen LogP contribution in [0.15, 0.2) is 43.0 Å². The number of carbonyl (C=O) groups is 1. The molecule has 6 heteroatoms. The molecule has 2 aromatic rings. The second-order valence-corrected chi connectivity index (χ2v) is 7.67. The maximum Gasteiger partial charge on any atom is 0.245 e. The summed E-state index contributed by atoms with van der Waals surface area (Å²) in [7, 11) is 0. The fraction of sp³-hybridized carbons (Fsp3) is 0.348. The Morgan fingerprint density at radius 2 is 2.14 bits per heavy atom. The van der Waals surface area contributed by atoms with Gasteiger partial charge in [-0.25, -0.2) is 0 Å². The zero-order valence-electron chi connectivity index (χ0n) is 16.9. The Hall–Kier alpha value is -3.15. The van der Waals surface area contributed by atoms with Gasteiger partial charge in [0.25, 0.3) is 0 Å². The van der Waals surface area contributed by atoms with Gasteiger partial charge in [0.05, 0.1) is 0 Å². The largest absolute Gasteiger partial charge is 0.507 e. The third-order valence-corrected chi connectivity index (χ3v) is 5.68. The van der Waals surface area contributed by atoms with E-state index in [1.165, 1.54) is 6.08 Å². The number of hydrogen-bond acceptors (Lipinski definition) is 4. The van der Waals surface area contributed by atoms with E-state index in [0.717, 1.165) is 37.1 Å². The molecule has 29 heavy (non-hydrogen) atoms. The number of H-pyrrole nitrogens is 1. The van der Waals surface area contributed by atoms with Gasteiger partial charge in [0.2, 0.25) is 5.91 Å². The highest BCUT2D eigenvalue weighted by atomic mass is 16.3. The number of aromatic amines is 1. The van der Waals surface area contributed by atoms with E-state index >= 15 is 0 Å². The summed E-state index contributed by atoms with van der Waals surface area (Å²) >= 11 is 0. The highest BCUT2D eigenvalue weighted by molar-refractivity contribution is 5.87. The predicted molar refractivity (Wildman–Crippen MR) is 118 cm³/mol. The fourth-order valence-electron chi connectivity index (χ4n) is 4.08. The molecule has 1 aromatic carbocycles. The maximum absolute atomic E-state index is 12.1. The van der Waals surface area contributed by atoms with E-state index in [2.05, 4.69) is 18.5 Å². The molecule has 0 radical (unpaired) electrons. The first kappa shape index (κ1) is 20.6. The third kappa shape index (κ3) is 4.47. The van der Waals surface area contributed by atoms with Crippen LogP contribution in [0.2, 0.25) is 0 Å². The maximum atomic E-state index is 12.1. The Balaban J connectivity index is 1.87. The number of likely N-dealkylation sites (tertiary alicyclic amines) is 1. The molecule has 6 nitrogen and oxygen atoms in total. The van der Waals surface area contributed by atoms with Gasteiger partial charge in [-0.3, -0.25) is 4.79 Å². The van der Waals surface area contributed by atoms with Crippen LogP contribution in [0.3, 0.4) is 0 Å². The lowest BCUT2D eigenvalue weighted by atomic mass is 9.88. The van der Waals surface area contributed by atoms with Gasteiger partial charge in [0, 0.05) is 41.5 Å². The number of carbonyl (C=O) groups excluding carboxylic acids is 1. The van der Waals surface area contributed by atoms with Gasteiger partial charge in [-0.05, 0) is 42.7 Å². The lowest BCUT2D eigenvalue weighted by Gasteiger charge is -2.16. The Morgan fingerprint density at radius 3 is 2.83 bits per heavy atom. The van der Waals surface area contributed by atoms with Crippen molar-refractivity contribution in [3.8, 4) is 5.75 Å². The van der Waals surface area contributed by atoms with Gasteiger partial charge in [0.15, 0.2) is 0 Å². The smallest absolute Gasteiger partial charge is 0.245 e. The van der Waals surface area contributed by atoms with Gasteiger partial charge in [-0.15, -0.1) is 0 Å². The van der Waals surface area contributed by atoms with Crippen LogP contribution >= 0.6 is 0 Å². The minimum absolute atomic E-state index is 0.0301. The fourth-order valence-corrected chi connectivity index (χ4v) is 4.08. The van der Waals surface area contributed by atoms with Gasteiger partial charge >= 0.3 is 0 Å². The number of aromatic hydroxyl groups is 1. The van der Waals surface area contributed by atoms with Gasteiger partial charge in [-0.2, -0.15) is 0 Å².